The Bertz CT molecular complexity index is 367. The number of benzene rings is 1. The van der Waals surface area contributed by atoms with Gasteiger partial charge in [0.1, 0.15) is 0 Å². The van der Waals surface area contributed by atoms with Gasteiger partial charge in [0.05, 0.1) is 0 Å². The van der Waals surface area contributed by atoms with Crippen LogP contribution in [-0.4, -0.2) is 20.1 Å². The summed E-state index contributed by atoms with van der Waals surface area (Å²) in [4.78, 5) is 2.55. The number of hydrogen-bond acceptors (Lipinski definition) is 2. The van der Waals surface area contributed by atoms with Crippen LogP contribution in [0, 0.1) is 5.92 Å². The van der Waals surface area contributed by atoms with E-state index < -0.39 is 0 Å². The monoisotopic (exact) mass is 260 g/mol. The number of anilines is 1. The average Bonchev–Trinajstić information content (AvgIpc) is 2.66. The maximum absolute atomic E-state index is 3.37. The fraction of sp³-hybridized carbons (Fsp3) is 0.647. The summed E-state index contributed by atoms with van der Waals surface area (Å²) in [6.45, 7) is 7.04. The van der Waals surface area contributed by atoms with Gasteiger partial charge in [-0.25, -0.2) is 0 Å². The van der Waals surface area contributed by atoms with Crippen molar-refractivity contribution >= 4 is 5.69 Å². The van der Waals surface area contributed by atoms with E-state index in [2.05, 4.69) is 48.3 Å². The zero-order valence-electron chi connectivity index (χ0n) is 12.7. The summed E-state index contributed by atoms with van der Waals surface area (Å²) in [5.41, 5.74) is 2.79. The third-order valence-corrected chi connectivity index (χ3v) is 4.43. The second kappa shape index (κ2) is 6.95. The highest BCUT2D eigenvalue weighted by Gasteiger charge is 2.14. The van der Waals surface area contributed by atoms with Crippen molar-refractivity contribution in [1.82, 2.24) is 5.32 Å². The molecule has 0 aliphatic carbocycles. The molecule has 0 saturated carbocycles. The minimum absolute atomic E-state index is 0.484. The zero-order valence-corrected chi connectivity index (χ0v) is 12.7. The Hall–Kier alpha value is -1.02. The quantitative estimate of drug-likeness (QED) is 0.881. The minimum Gasteiger partial charge on any atom is -0.372 e. The standard InChI is InChI=1S/C17H28N2/c1-4-17(18-3)15-7-9-16(10-8-15)19-12-5-6-14(2)11-13-19/h7-10,14,17-18H,4-6,11-13H2,1-3H3. The van der Waals surface area contributed by atoms with Crippen LogP contribution in [0.4, 0.5) is 5.69 Å². The Morgan fingerprint density at radius 2 is 1.95 bits per heavy atom. The van der Waals surface area contributed by atoms with Gasteiger partial charge >= 0.3 is 0 Å². The van der Waals surface area contributed by atoms with Crippen LogP contribution in [0.3, 0.4) is 0 Å². The summed E-state index contributed by atoms with van der Waals surface area (Å²) in [7, 11) is 2.04. The van der Waals surface area contributed by atoms with Crippen LogP contribution in [0.2, 0.25) is 0 Å². The fourth-order valence-corrected chi connectivity index (χ4v) is 3.05. The molecule has 0 bridgehead atoms. The van der Waals surface area contributed by atoms with Crippen LogP contribution in [0.1, 0.15) is 51.1 Å². The van der Waals surface area contributed by atoms with Gasteiger partial charge in [0.15, 0.2) is 0 Å². The summed E-state index contributed by atoms with van der Waals surface area (Å²) in [5, 5.41) is 3.37. The smallest absolute Gasteiger partial charge is 0.0366 e. The topological polar surface area (TPSA) is 15.3 Å². The first-order valence-corrected chi connectivity index (χ1v) is 7.76. The van der Waals surface area contributed by atoms with Crippen molar-refractivity contribution in [3.05, 3.63) is 29.8 Å². The molecule has 1 aliphatic rings. The summed E-state index contributed by atoms with van der Waals surface area (Å²) in [5.74, 6) is 0.887. The molecule has 2 heteroatoms. The van der Waals surface area contributed by atoms with E-state index >= 15 is 0 Å². The molecule has 19 heavy (non-hydrogen) atoms. The molecule has 1 fully saturated rings. The second-order valence-electron chi connectivity index (χ2n) is 5.86. The molecule has 106 valence electrons. The Morgan fingerprint density at radius 3 is 2.58 bits per heavy atom. The van der Waals surface area contributed by atoms with E-state index in [0.29, 0.717) is 6.04 Å². The highest BCUT2D eigenvalue weighted by Crippen LogP contribution is 2.24. The van der Waals surface area contributed by atoms with Gasteiger partial charge in [0.2, 0.25) is 0 Å². The zero-order chi connectivity index (χ0) is 13.7. The number of hydrogen-bond donors (Lipinski definition) is 1. The van der Waals surface area contributed by atoms with Crippen LogP contribution < -0.4 is 10.2 Å². The second-order valence-corrected chi connectivity index (χ2v) is 5.86. The molecule has 0 radical (unpaired) electrons. The molecule has 2 atom stereocenters. The molecular weight excluding hydrogens is 232 g/mol. The average molecular weight is 260 g/mol. The van der Waals surface area contributed by atoms with Gasteiger partial charge in [0, 0.05) is 24.8 Å². The summed E-state index contributed by atoms with van der Waals surface area (Å²) < 4.78 is 0. The largest absolute Gasteiger partial charge is 0.372 e. The third kappa shape index (κ3) is 3.73. The predicted molar refractivity (Wildman–Crippen MR) is 83.8 cm³/mol. The first-order chi connectivity index (χ1) is 9.24. The highest BCUT2D eigenvalue weighted by molar-refractivity contribution is 5.48. The van der Waals surface area contributed by atoms with Crippen molar-refractivity contribution in [3.8, 4) is 0 Å². The summed E-state index contributed by atoms with van der Waals surface area (Å²) in [6, 6.07) is 9.65. The van der Waals surface area contributed by atoms with Crippen molar-refractivity contribution in [2.24, 2.45) is 5.92 Å². The summed E-state index contributed by atoms with van der Waals surface area (Å²) in [6.07, 6.45) is 5.18. The van der Waals surface area contributed by atoms with E-state index in [4.69, 9.17) is 0 Å². The number of rotatable bonds is 4. The summed E-state index contributed by atoms with van der Waals surface area (Å²) >= 11 is 0. The molecule has 2 nitrogen and oxygen atoms in total. The van der Waals surface area contributed by atoms with Gasteiger partial charge < -0.3 is 10.2 Å². The molecule has 1 N–H and O–H groups in total. The Morgan fingerprint density at radius 1 is 1.21 bits per heavy atom. The van der Waals surface area contributed by atoms with Crippen LogP contribution in [0.15, 0.2) is 24.3 Å². The van der Waals surface area contributed by atoms with Crippen molar-refractivity contribution < 1.29 is 0 Å². The highest BCUT2D eigenvalue weighted by atomic mass is 15.1. The number of nitrogens with zero attached hydrogens (tertiary/aromatic N) is 1. The van der Waals surface area contributed by atoms with Crippen LogP contribution in [-0.2, 0) is 0 Å². The molecular formula is C17H28N2. The van der Waals surface area contributed by atoms with Crippen LogP contribution in [0.5, 0.6) is 0 Å². The van der Waals surface area contributed by atoms with Crippen molar-refractivity contribution in [2.75, 3.05) is 25.0 Å². The van der Waals surface area contributed by atoms with Gasteiger partial charge in [-0.15, -0.1) is 0 Å². The van der Waals surface area contributed by atoms with Crippen molar-refractivity contribution in [3.63, 3.8) is 0 Å². The SMILES string of the molecule is CCC(NC)c1ccc(N2CCCC(C)CC2)cc1. The lowest BCUT2D eigenvalue weighted by Gasteiger charge is -2.24. The molecule has 2 rings (SSSR count). The van der Waals surface area contributed by atoms with Gasteiger partial charge in [0.25, 0.3) is 0 Å². The number of nitrogens with one attached hydrogen (secondary N) is 1. The molecule has 1 heterocycles. The Kier molecular flexibility index (Phi) is 5.26. The fourth-order valence-electron chi connectivity index (χ4n) is 3.05. The van der Waals surface area contributed by atoms with Crippen molar-refractivity contribution in [2.45, 2.75) is 45.6 Å². The van der Waals surface area contributed by atoms with E-state index in [1.165, 1.54) is 43.6 Å². The van der Waals surface area contributed by atoms with Crippen LogP contribution in [0.25, 0.3) is 0 Å². The van der Waals surface area contributed by atoms with E-state index in [0.717, 1.165) is 12.3 Å². The van der Waals surface area contributed by atoms with Gasteiger partial charge in [-0.1, -0.05) is 26.0 Å². The lowest BCUT2D eigenvalue weighted by atomic mass is 10.0. The third-order valence-electron chi connectivity index (χ3n) is 4.43. The molecule has 1 aromatic carbocycles. The van der Waals surface area contributed by atoms with Crippen molar-refractivity contribution in [1.29, 1.82) is 0 Å². The molecule has 1 saturated heterocycles. The maximum Gasteiger partial charge on any atom is 0.0366 e. The molecule has 2 unspecified atom stereocenters. The van der Waals surface area contributed by atoms with Gasteiger partial charge in [-0.3, -0.25) is 0 Å². The molecule has 1 aromatic rings. The first-order valence-electron chi connectivity index (χ1n) is 7.76. The van der Waals surface area contributed by atoms with E-state index in [9.17, 15) is 0 Å². The molecule has 0 aromatic heterocycles. The van der Waals surface area contributed by atoms with E-state index in [1.807, 2.05) is 7.05 Å². The van der Waals surface area contributed by atoms with E-state index in [1.54, 1.807) is 0 Å². The van der Waals surface area contributed by atoms with Gasteiger partial charge in [-0.2, -0.15) is 0 Å². The first kappa shape index (κ1) is 14.4. The van der Waals surface area contributed by atoms with Crippen LogP contribution >= 0.6 is 0 Å². The lowest BCUT2D eigenvalue weighted by molar-refractivity contribution is 0.521. The van der Waals surface area contributed by atoms with Gasteiger partial charge in [-0.05, 0) is 56.3 Å². The molecule has 1 aliphatic heterocycles. The molecule has 0 amide bonds. The predicted octanol–water partition coefficient (Wildman–Crippen LogP) is 3.98. The Balaban J connectivity index is 2.05. The normalized spacial score (nSPS) is 22.1. The molecule has 0 spiro atoms. The minimum atomic E-state index is 0.484. The van der Waals surface area contributed by atoms with E-state index in [-0.39, 0.29) is 0 Å². The Labute approximate surface area is 118 Å². The lowest BCUT2D eigenvalue weighted by Crippen LogP contribution is -2.24. The maximum atomic E-state index is 3.37.